The molecule has 0 amide bonds. The van der Waals surface area contributed by atoms with Crippen molar-refractivity contribution >= 4 is 11.6 Å². The Bertz CT molecular complexity index is 637. The van der Waals surface area contributed by atoms with E-state index in [1.165, 1.54) is 20.0 Å². The van der Waals surface area contributed by atoms with Gasteiger partial charge in [0, 0.05) is 12.5 Å². The van der Waals surface area contributed by atoms with Gasteiger partial charge in [-0.05, 0) is 38.6 Å². The van der Waals surface area contributed by atoms with Gasteiger partial charge in [-0.15, -0.1) is 0 Å². The second kappa shape index (κ2) is 5.20. The number of likely N-dealkylation sites (tertiary alicyclic amines) is 1. The number of hydrogen-bond acceptors (Lipinski definition) is 5. The van der Waals surface area contributed by atoms with Crippen molar-refractivity contribution in [2.45, 2.75) is 25.3 Å². The maximum atomic E-state index is 11.7. The molecule has 1 aliphatic rings. The first-order valence-corrected chi connectivity index (χ1v) is 6.82. The van der Waals surface area contributed by atoms with Gasteiger partial charge in [0.15, 0.2) is 17.2 Å². The lowest BCUT2D eigenvalue weighted by Crippen LogP contribution is -2.27. The van der Waals surface area contributed by atoms with Crippen molar-refractivity contribution in [2.75, 3.05) is 20.7 Å². The number of carbonyl (C=O) groups is 1. The minimum atomic E-state index is -0.398. The molecule has 1 aliphatic heterocycles. The van der Waals surface area contributed by atoms with Crippen molar-refractivity contribution in [3.05, 3.63) is 29.7 Å². The smallest absolute Gasteiger partial charge is 0.356 e. The molecule has 3 rings (SSSR count). The summed E-state index contributed by atoms with van der Waals surface area (Å²) < 4.78 is 6.33. The van der Waals surface area contributed by atoms with Crippen molar-refractivity contribution < 1.29 is 9.53 Å². The summed E-state index contributed by atoms with van der Waals surface area (Å²) in [6.07, 6.45) is 3.22. The van der Waals surface area contributed by atoms with Crippen LogP contribution in [0.4, 0.5) is 0 Å². The summed E-state index contributed by atoms with van der Waals surface area (Å²) in [7, 11) is 3.50. The van der Waals surface area contributed by atoms with Gasteiger partial charge >= 0.3 is 5.97 Å². The molecule has 1 saturated heterocycles. The van der Waals surface area contributed by atoms with Crippen molar-refractivity contribution in [2.24, 2.45) is 0 Å². The predicted molar refractivity (Wildman–Crippen MR) is 73.7 cm³/mol. The average Bonchev–Trinajstić information content (AvgIpc) is 3.04. The molecule has 0 radical (unpaired) electrons. The molecule has 6 nitrogen and oxygen atoms in total. The third-order valence-electron chi connectivity index (χ3n) is 3.89. The van der Waals surface area contributed by atoms with E-state index in [1.54, 1.807) is 16.6 Å². The first kappa shape index (κ1) is 13.1. The Kier molecular flexibility index (Phi) is 3.40. The summed E-state index contributed by atoms with van der Waals surface area (Å²) in [5.41, 5.74) is 1.09. The van der Waals surface area contributed by atoms with Crippen LogP contribution in [0.3, 0.4) is 0 Å². The van der Waals surface area contributed by atoms with Crippen LogP contribution in [0.15, 0.2) is 18.2 Å². The number of rotatable bonds is 3. The molecule has 3 heterocycles. The fourth-order valence-electron chi connectivity index (χ4n) is 2.74. The zero-order chi connectivity index (χ0) is 14.1. The number of hydrogen-bond donors (Lipinski definition) is 0. The Morgan fingerprint density at radius 1 is 1.50 bits per heavy atom. The number of pyridine rings is 1. The van der Waals surface area contributed by atoms with Crippen LogP contribution in [0.25, 0.3) is 5.65 Å². The van der Waals surface area contributed by atoms with Gasteiger partial charge in [0.2, 0.25) is 0 Å². The first-order valence-electron chi connectivity index (χ1n) is 6.82. The quantitative estimate of drug-likeness (QED) is 0.786. The summed E-state index contributed by atoms with van der Waals surface area (Å²) in [6, 6.07) is 5.83. The lowest BCUT2D eigenvalue weighted by molar-refractivity contribution is 0.0591. The third kappa shape index (κ3) is 2.27. The van der Waals surface area contributed by atoms with E-state index in [2.05, 4.69) is 22.0 Å². The Labute approximate surface area is 117 Å². The number of aromatic nitrogens is 3. The van der Waals surface area contributed by atoms with Gasteiger partial charge in [0.1, 0.15) is 0 Å². The van der Waals surface area contributed by atoms with Crippen LogP contribution >= 0.6 is 0 Å². The van der Waals surface area contributed by atoms with Crippen LogP contribution in [-0.2, 0) is 11.2 Å². The molecular formula is C14H18N4O2. The van der Waals surface area contributed by atoms with E-state index in [0.717, 1.165) is 18.8 Å². The summed E-state index contributed by atoms with van der Waals surface area (Å²) >= 11 is 0. The van der Waals surface area contributed by atoms with Gasteiger partial charge < -0.3 is 9.64 Å². The molecule has 0 spiro atoms. The predicted octanol–water partition coefficient (Wildman–Crippen LogP) is 1.15. The van der Waals surface area contributed by atoms with Crippen molar-refractivity contribution in [3.63, 3.8) is 0 Å². The third-order valence-corrected chi connectivity index (χ3v) is 3.89. The lowest BCUT2D eigenvalue weighted by atomic mass is 10.1. The van der Waals surface area contributed by atoms with Crippen LogP contribution < -0.4 is 0 Å². The average molecular weight is 274 g/mol. The van der Waals surface area contributed by atoms with Gasteiger partial charge in [0.05, 0.1) is 7.11 Å². The number of ether oxygens (including phenoxy) is 1. The highest BCUT2D eigenvalue weighted by molar-refractivity contribution is 5.88. The standard InChI is InChI=1S/C14H18N4O2/c1-17-8-4-5-10(17)9-12-15-13-7-3-6-11(14(19)20-2)18(13)16-12/h3,6-7,10H,4-5,8-9H2,1-2H3. The largest absolute Gasteiger partial charge is 0.464 e. The van der Waals surface area contributed by atoms with Gasteiger partial charge in [0.25, 0.3) is 0 Å². The number of nitrogens with zero attached hydrogens (tertiary/aromatic N) is 4. The Morgan fingerprint density at radius 3 is 3.05 bits per heavy atom. The maximum Gasteiger partial charge on any atom is 0.356 e. The molecule has 0 aromatic carbocycles. The van der Waals surface area contributed by atoms with E-state index in [9.17, 15) is 4.79 Å². The molecule has 6 heteroatoms. The van der Waals surface area contributed by atoms with Crippen LogP contribution in [-0.4, -0.2) is 52.2 Å². The Morgan fingerprint density at radius 2 is 2.35 bits per heavy atom. The second-order valence-corrected chi connectivity index (χ2v) is 5.18. The van der Waals surface area contributed by atoms with Gasteiger partial charge in [-0.25, -0.2) is 14.3 Å². The second-order valence-electron chi connectivity index (χ2n) is 5.18. The van der Waals surface area contributed by atoms with E-state index >= 15 is 0 Å². The molecule has 1 fully saturated rings. The van der Waals surface area contributed by atoms with Crippen LogP contribution in [0.2, 0.25) is 0 Å². The van der Waals surface area contributed by atoms with E-state index in [4.69, 9.17) is 4.74 Å². The molecule has 1 unspecified atom stereocenters. The SMILES string of the molecule is COC(=O)c1cccc2nc(CC3CCCN3C)nn12. The molecule has 0 aliphatic carbocycles. The summed E-state index contributed by atoms with van der Waals surface area (Å²) in [6.45, 7) is 1.13. The van der Waals surface area contributed by atoms with Crippen LogP contribution in [0.5, 0.6) is 0 Å². The van der Waals surface area contributed by atoms with Crippen molar-refractivity contribution in [1.29, 1.82) is 0 Å². The molecule has 0 N–H and O–H groups in total. The topological polar surface area (TPSA) is 59.7 Å². The highest BCUT2D eigenvalue weighted by atomic mass is 16.5. The van der Waals surface area contributed by atoms with Crippen molar-refractivity contribution in [3.8, 4) is 0 Å². The highest BCUT2D eigenvalue weighted by Gasteiger charge is 2.23. The zero-order valence-electron chi connectivity index (χ0n) is 11.7. The summed E-state index contributed by atoms with van der Waals surface area (Å²) in [5.74, 6) is 0.380. The summed E-state index contributed by atoms with van der Waals surface area (Å²) in [5, 5.41) is 4.46. The summed E-state index contributed by atoms with van der Waals surface area (Å²) in [4.78, 5) is 18.6. The minimum Gasteiger partial charge on any atom is -0.464 e. The van der Waals surface area contributed by atoms with Gasteiger partial charge in [-0.3, -0.25) is 0 Å². The fraction of sp³-hybridized carbons (Fsp3) is 0.500. The molecule has 2 aromatic rings. The molecule has 20 heavy (non-hydrogen) atoms. The van der Waals surface area contributed by atoms with E-state index in [-0.39, 0.29) is 0 Å². The molecule has 0 saturated carbocycles. The Balaban J connectivity index is 1.92. The van der Waals surface area contributed by atoms with Gasteiger partial charge in [-0.2, -0.15) is 5.10 Å². The molecular weight excluding hydrogens is 256 g/mol. The first-order chi connectivity index (χ1) is 9.69. The number of fused-ring (bicyclic) bond motifs is 1. The monoisotopic (exact) mass is 274 g/mol. The fourth-order valence-corrected chi connectivity index (χ4v) is 2.74. The number of esters is 1. The number of methoxy groups -OCH3 is 1. The molecule has 106 valence electrons. The highest BCUT2D eigenvalue weighted by Crippen LogP contribution is 2.18. The van der Waals surface area contributed by atoms with Crippen LogP contribution in [0.1, 0.15) is 29.2 Å². The van der Waals surface area contributed by atoms with E-state index in [0.29, 0.717) is 17.4 Å². The molecule has 0 bridgehead atoms. The Hall–Kier alpha value is -1.95. The van der Waals surface area contributed by atoms with Crippen LogP contribution in [0, 0.1) is 0 Å². The molecule has 1 atom stereocenters. The van der Waals surface area contributed by atoms with E-state index in [1.807, 2.05) is 6.07 Å². The number of carbonyl (C=O) groups excluding carboxylic acids is 1. The lowest BCUT2D eigenvalue weighted by Gasteiger charge is -2.17. The van der Waals surface area contributed by atoms with Gasteiger partial charge in [-0.1, -0.05) is 6.07 Å². The normalized spacial score (nSPS) is 19.6. The minimum absolute atomic E-state index is 0.398. The zero-order valence-corrected chi connectivity index (χ0v) is 11.7. The van der Waals surface area contributed by atoms with E-state index < -0.39 is 5.97 Å². The maximum absolute atomic E-state index is 11.7. The molecule has 2 aromatic heterocycles. The number of likely N-dealkylation sites (N-methyl/N-ethyl adjacent to an activating group) is 1. The van der Waals surface area contributed by atoms with Crippen molar-refractivity contribution in [1.82, 2.24) is 19.5 Å².